The first-order valence-electron chi connectivity index (χ1n) is 7.65. The quantitative estimate of drug-likeness (QED) is 0.851. The van der Waals surface area contributed by atoms with Crippen LogP contribution in [0.1, 0.15) is 18.4 Å². The fourth-order valence-electron chi connectivity index (χ4n) is 2.18. The van der Waals surface area contributed by atoms with E-state index in [1.165, 1.54) is 35.9 Å². The molecule has 0 saturated heterocycles. The molecule has 5 nitrogen and oxygen atoms in total. The lowest BCUT2D eigenvalue weighted by atomic mass is 10.2. The van der Waals surface area contributed by atoms with Crippen molar-refractivity contribution in [1.29, 1.82) is 0 Å². The fourth-order valence-corrected chi connectivity index (χ4v) is 2.18. The van der Waals surface area contributed by atoms with E-state index < -0.39 is 11.7 Å². The lowest BCUT2D eigenvalue weighted by molar-refractivity contribution is -0.137. The molecule has 1 aliphatic carbocycles. The van der Waals surface area contributed by atoms with Crippen LogP contribution in [0, 0.1) is 5.92 Å². The minimum Gasteiger partial charge on any atom is -0.374 e. The van der Waals surface area contributed by atoms with Gasteiger partial charge in [-0.2, -0.15) is 18.3 Å². The van der Waals surface area contributed by atoms with Gasteiger partial charge in [0.05, 0.1) is 35.9 Å². The van der Waals surface area contributed by atoms with Crippen molar-refractivity contribution in [2.24, 2.45) is 5.92 Å². The Morgan fingerprint density at radius 3 is 2.58 bits per heavy atom. The summed E-state index contributed by atoms with van der Waals surface area (Å²) in [5.41, 5.74) is 0.426. The highest BCUT2D eigenvalue weighted by Crippen LogP contribution is 2.29. The first kappa shape index (κ1) is 16.4. The monoisotopic (exact) mass is 338 g/mol. The van der Waals surface area contributed by atoms with Crippen molar-refractivity contribution in [2.75, 3.05) is 18.4 Å². The maximum absolute atomic E-state index is 12.5. The molecular weight excluding hydrogens is 321 g/mol. The van der Waals surface area contributed by atoms with Crippen LogP contribution in [0.4, 0.5) is 18.9 Å². The minimum atomic E-state index is -4.36. The predicted octanol–water partition coefficient (Wildman–Crippen LogP) is 2.83. The molecule has 1 saturated carbocycles. The van der Waals surface area contributed by atoms with Crippen LogP contribution in [0.5, 0.6) is 0 Å². The standard InChI is InChI=1S/C16H17F3N4O/c17-16(18,19)12-3-5-14(6-4-12)23-10-13(8-22-23)20-9-15(24)21-7-11-1-2-11/h3-6,8,10-11,20H,1-2,7,9H2,(H,21,24). The number of rotatable bonds is 6. The van der Waals surface area contributed by atoms with E-state index >= 15 is 0 Å². The third-order valence-corrected chi connectivity index (χ3v) is 3.78. The molecule has 0 unspecified atom stereocenters. The number of carbonyl (C=O) groups is 1. The van der Waals surface area contributed by atoms with E-state index in [0.29, 0.717) is 23.8 Å². The molecule has 1 fully saturated rings. The molecule has 1 aliphatic rings. The molecule has 1 heterocycles. The zero-order valence-electron chi connectivity index (χ0n) is 12.8. The van der Waals surface area contributed by atoms with Gasteiger partial charge in [0.1, 0.15) is 0 Å². The Balaban J connectivity index is 1.55. The topological polar surface area (TPSA) is 59.0 Å². The Bertz CT molecular complexity index is 705. The average molecular weight is 338 g/mol. The van der Waals surface area contributed by atoms with Crippen LogP contribution in [-0.2, 0) is 11.0 Å². The number of hydrogen-bond donors (Lipinski definition) is 2. The molecule has 0 atom stereocenters. The third-order valence-electron chi connectivity index (χ3n) is 3.78. The van der Waals surface area contributed by atoms with E-state index in [1.807, 2.05) is 0 Å². The zero-order valence-corrected chi connectivity index (χ0v) is 12.8. The van der Waals surface area contributed by atoms with Gasteiger partial charge in [-0.3, -0.25) is 4.79 Å². The van der Waals surface area contributed by atoms with Crippen molar-refractivity contribution in [2.45, 2.75) is 19.0 Å². The van der Waals surface area contributed by atoms with E-state index in [2.05, 4.69) is 15.7 Å². The molecular formula is C16H17F3N4O. The summed E-state index contributed by atoms with van der Waals surface area (Å²) in [5, 5.41) is 9.86. The van der Waals surface area contributed by atoms with Crippen LogP contribution in [0.25, 0.3) is 5.69 Å². The van der Waals surface area contributed by atoms with Crippen molar-refractivity contribution in [3.8, 4) is 5.69 Å². The van der Waals surface area contributed by atoms with Gasteiger partial charge >= 0.3 is 6.18 Å². The molecule has 0 radical (unpaired) electrons. The van der Waals surface area contributed by atoms with E-state index in [1.54, 1.807) is 6.20 Å². The largest absolute Gasteiger partial charge is 0.416 e. The number of nitrogens with zero attached hydrogens (tertiary/aromatic N) is 2. The van der Waals surface area contributed by atoms with Gasteiger partial charge < -0.3 is 10.6 Å². The summed E-state index contributed by atoms with van der Waals surface area (Å²) < 4.78 is 39.1. The number of hydrogen-bond acceptors (Lipinski definition) is 3. The van der Waals surface area contributed by atoms with Gasteiger partial charge in [0.2, 0.25) is 5.91 Å². The van der Waals surface area contributed by atoms with E-state index in [9.17, 15) is 18.0 Å². The second-order valence-electron chi connectivity index (χ2n) is 5.82. The van der Waals surface area contributed by atoms with E-state index in [4.69, 9.17) is 0 Å². The van der Waals surface area contributed by atoms with E-state index in [0.717, 1.165) is 12.1 Å². The van der Waals surface area contributed by atoms with Crippen molar-refractivity contribution in [1.82, 2.24) is 15.1 Å². The smallest absolute Gasteiger partial charge is 0.374 e. The van der Waals surface area contributed by atoms with Crippen molar-refractivity contribution in [3.05, 3.63) is 42.2 Å². The van der Waals surface area contributed by atoms with Crippen LogP contribution in [0.15, 0.2) is 36.7 Å². The van der Waals surface area contributed by atoms with Crippen LogP contribution < -0.4 is 10.6 Å². The highest BCUT2D eigenvalue weighted by atomic mass is 19.4. The minimum absolute atomic E-state index is 0.0934. The van der Waals surface area contributed by atoms with Crippen molar-refractivity contribution < 1.29 is 18.0 Å². The Morgan fingerprint density at radius 2 is 1.96 bits per heavy atom. The Hall–Kier alpha value is -2.51. The van der Waals surface area contributed by atoms with Crippen molar-refractivity contribution in [3.63, 3.8) is 0 Å². The second kappa shape index (κ2) is 6.54. The number of amides is 1. The molecule has 2 N–H and O–H groups in total. The van der Waals surface area contributed by atoms with Gasteiger partial charge in [-0.05, 0) is 43.0 Å². The third kappa shape index (κ3) is 4.27. The highest BCUT2D eigenvalue weighted by molar-refractivity contribution is 5.80. The normalized spacial score (nSPS) is 14.5. The van der Waals surface area contributed by atoms with Crippen molar-refractivity contribution >= 4 is 11.6 Å². The number of halogens is 3. The maximum Gasteiger partial charge on any atom is 0.416 e. The molecule has 2 aromatic rings. The molecule has 0 aliphatic heterocycles. The van der Waals surface area contributed by atoms with Gasteiger partial charge in [0, 0.05) is 6.54 Å². The summed E-state index contributed by atoms with van der Waals surface area (Å²) in [4.78, 5) is 11.6. The summed E-state index contributed by atoms with van der Waals surface area (Å²) >= 11 is 0. The summed E-state index contributed by atoms with van der Waals surface area (Å²) in [6, 6.07) is 4.72. The molecule has 0 spiro atoms. The molecule has 1 aromatic carbocycles. The molecule has 24 heavy (non-hydrogen) atoms. The summed E-state index contributed by atoms with van der Waals surface area (Å²) in [5.74, 6) is 0.528. The number of carbonyl (C=O) groups excluding carboxylic acids is 1. The van der Waals surface area contributed by atoms with Crippen LogP contribution in [-0.4, -0.2) is 28.8 Å². The molecule has 1 aromatic heterocycles. The second-order valence-corrected chi connectivity index (χ2v) is 5.82. The van der Waals surface area contributed by atoms with Gasteiger partial charge in [0.15, 0.2) is 0 Å². The highest BCUT2D eigenvalue weighted by Gasteiger charge is 2.30. The van der Waals surface area contributed by atoms with Gasteiger partial charge in [-0.15, -0.1) is 0 Å². The first-order valence-corrected chi connectivity index (χ1v) is 7.65. The van der Waals surface area contributed by atoms with Gasteiger partial charge in [-0.1, -0.05) is 0 Å². The summed E-state index contributed by atoms with van der Waals surface area (Å²) in [7, 11) is 0. The number of alkyl halides is 3. The van der Waals surface area contributed by atoms with Crippen LogP contribution in [0.3, 0.4) is 0 Å². The van der Waals surface area contributed by atoms with E-state index in [-0.39, 0.29) is 12.5 Å². The molecule has 0 bridgehead atoms. The van der Waals surface area contributed by atoms with Gasteiger partial charge in [-0.25, -0.2) is 4.68 Å². The average Bonchev–Trinajstić information content (AvgIpc) is 3.26. The lowest BCUT2D eigenvalue weighted by Gasteiger charge is -2.07. The number of nitrogens with one attached hydrogen (secondary N) is 2. The fraction of sp³-hybridized carbons (Fsp3) is 0.375. The number of benzene rings is 1. The predicted molar refractivity (Wildman–Crippen MR) is 82.8 cm³/mol. The number of aromatic nitrogens is 2. The Kier molecular flexibility index (Phi) is 4.46. The zero-order chi connectivity index (χ0) is 17.2. The summed E-state index contributed by atoms with van der Waals surface area (Å²) in [6.07, 6.45) is 1.13. The Morgan fingerprint density at radius 1 is 1.25 bits per heavy atom. The van der Waals surface area contributed by atoms with Crippen LogP contribution >= 0.6 is 0 Å². The SMILES string of the molecule is O=C(CNc1cnn(-c2ccc(C(F)(F)F)cc2)c1)NCC1CC1. The number of anilines is 1. The van der Waals surface area contributed by atoms with Gasteiger partial charge in [0.25, 0.3) is 0 Å². The molecule has 1 amide bonds. The Labute approximate surface area is 136 Å². The molecule has 8 heteroatoms. The lowest BCUT2D eigenvalue weighted by Crippen LogP contribution is -2.31. The molecule has 128 valence electrons. The van der Waals surface area contributed by atoms with Crippen LogP contribution in [0.2, 0.25) is 0 Å². The first-order chi connectivity index (χ1) is 11.4. The molecule has 3 rings (SSSR count). The summed E-state index contributed by atoms with van der Waals surface area (Å²) in [6.45, 7) is 0.844. The maximum atomic E-state index is 12.5.